The smallest absolute Gasteiger partial charge is 0.508 e. The van der Waals surface area contributed by atoms with Gasteiger partial charge in [0, 0.05) is 5.02 Å². The fraction of sp³-hybridized carbons (Fsp3) is 0.471. The first kappa shape index (κ1) is 31.3. The van der Waals surface area contributed by atoms with Crippen LogP contribution in [0.3, 0.4) is 0 Å². The third-order valence-electron chi connectivity index (χ3n) is 9.42. The van der Waals surface area contributed by atoms with Crippen LogP contribution in [0, 0.1) is 9.49 Å². The average molecular weight is 698 g/mol. The van der Waals surface area contributed by atoms with Crippen molar-refractivity contribution >= 4 is 43.0 Å². The Morgan fingerprint density at radius 2 is 1.40 bits per heavy atom. The molecule has 3 aromatic carbocycles. The first-order valence-corrected chi connectivity index (χ1v) is 19.3. The third-order valence-corrected chi connectivity index (χ3v) is 16.4. The maximum absolute atomic E-state index is 12.0. The molecule has 1 fully saturated rings. The first-order chi connectivity index (χ1) is 19.0. The predicted molar refractivity (Wildman–Crippen MR) is 178 cm³/mol. The van der Waals surface area contributed by atoms with Gasteiger partial charge in [-0.05, 0) is 12.1 Å². The van der Waals surface area contributed by atoms with Crippen LogP contribution < -0.4 is 0 Å². The zero-order chi connectivity index (χ0) is 29.2. The summed E-state index contributed by atoms with van der Waals surface area (Å²) in [5.74, 6) is 0.982. The van der Waals surface area contributed by atoms with Gasteiger partial charge in [-0.1, -0.05) is 11.6 Å². The molecule has 0 radical (unpaired) electrons. The number of alkyl halides is 2. The average Bonchev–Trinajstić information content (AvgIpc) is 2.89. The van der Waals surface area contributed by atoms with Gasteiger partial charge in [-0.25, -0.2) is 0 Å². The van der Waals surface area contributed by atoms with Crippen molar-refractivity contribution in [3.63, 3.8) is 0 Å². The molecular weight excluding hydrogens is 654 g/mol. The molecule has 6 heteroatoms. The van der Waals surface area contributed by atoms with Crippen LogP contribution in [0.4, 0.5) is 0 Å². The Morgan fingerprint density at radius 1 is 0.750 bits per heavy atom. The minimum atomic E-state index is -1.08. The van der Waals surface area contributed by atoms with Crippen molar-refractivity contribution in [2.75, 3.05) is 8.86 Å². The molecule has 0 amide bonds. The van der Waals surface area contributed by atoms with Crippen LogP contribution in [0.25, 0.3) is 0 Å². The summed E-state index contributed by atoms with van der Waals surface area (Å²) in [6.07, 6.45) is 4.77. The number of hydrogen-bond acceptors (Lipinski definition) is 3. The summed E-state index contributed by atoms with van der Waals surface area (Å²) in [5.41, 5.74) is 2.49. The molecule has 1 aliphatic rings. The van der Waals surface area contributed by atoms with E-state index in [1.807, 2.05) is 24.3 Å². The Bertz CT molecular complexity index is 1350. The van der Waals surface area contributed by atoms with Gasteiger partial charge in [0.25, 0.3) is 0 Å². The minimum absolute atomic E-state index is 0.180. The fourth-order valence-electron chi connectivity index (χ4n) is 6.46. The van der Waals surface area contributed by atoms with Crippen molar-refractivity contribution < 1.29 is 15.3 Å². The zero-order valence-electron chi connectivity index (χ0n) is 24.3. The molecule has 1 atom stereocenters. The van der Waals surface area contributed by atoms with Crippen LogP contribution in [0.15, 0.2) is 48.5 Å². The molecule has 3 N–H and O–H groups in total. The van der Waals surface area contributed by atoms with Gasteiger partial charge in [-0.3, -0.25) is 0 Å². The van der Waals surface area contributed by atoms with Gasteiger partial charge in [0.2, 0.25) is 0 Å². The van der Waals surface area contributed by atoms with E-state index >= 15 is 0 Å². The molecule has 1 unspecified atom stereocenters. The second-order valence-corrected chi connectivity index (χ2v) is 18.5. The van der Waals surface area contributed by atoms with Crippen LogP contribution in [-0.4, -0.2) is 24.2 Å². The predicted octanol–water partition coefficient (Wildman–Crippen LogP) is 10.0. The normalized spacial score (nSPS) is 16.1. The molecule has 218 valence electrons. The summed E-state index contributed by atoms with van der Waals surface area (Å²) < 4.78 is 4.16. The van der Waals surface area contributed by atoms with Gasteiger partial charge < -0.3 is 5.11 Å². The van der Waals surface area contributed by atoms with E-state index in [4.69, 9.17) is 23.2 Å². The molecule has 1 heterocycles. The Balaban J connectivity index is 1.83. The molecule has 4 rings (SSSR count). The molecule has 1 saturated heterocycles. The monoisotopic (exact) mass is 696 g/mol. The van der Waals surface area contributed by atoms with Gasteiger partial charge >= 0.3 is 225 Å². The number of halogens is 3. The first-order valence-electron chi connectivity index (χ1n) is 14.4. The van der Waals surface area contributed by atoms with E-state index in [0.717, 1.165) is 41.5 Å². The van der Waals surface area contributed by atoms with Crippen LogP contribution in [-0.2, 0) is 23.7 Å². The Hall–Kier alpha value is -1.63. The van der Waals surface area contributed by atoms with Crippen molar-refractivity contribution in [2.45, 2.75) is 84.0 Å². The van der Waals surface area contributed by atoms with Crippen molar-refractivity contribution in [3.05, 3.63) is 84.4 Å². The van der Waals surface area contributed by atoms with Crippen molar-refractivity contribution in [1.29, 1.82) is 0 Å². The van der Waals surface area contributed by atoms with E-state index in [9.17, 15) is 15.3 Å². The van der Waals surface area contributed by atoms with Gasteiger partial charge in [-0.15, -0.1) is 0 Å². The van der Waals surface area contributed by atoms with E-state index in [2.05, 4.69) is 46.8 Å². The Kier molecular flexibility index (Phi) is 9.95. The van der Waals surface area contributed by atoms with Crippen LogP contribution in [0.2, 0.25) is 10.0 Å². The second kappa shape index (κ2) is 12.7. The van der Waals surface area contributed by atoms with E-state index in [1.165, 1.54) is 18.8 Å². The van der Waals surface area contributed by atoms with E-state index in [-0.39, 0.29) is 17.4 Å². The topological polar surface area (TPSA) is 60.7 Å². The minimum Gasteiger partial charge on any atom is -0.508 e. The molecule has 0 saturated carbocycles. The number of phenols is 3. The van der Waals surface area contributed by atoms with E-state index in [1.54, 1.807) is 12.1 Å². The van der Waals surface area contributed by atoms with Crippen molar-refractivity contribution in [2.24, 2.45) is 5.92 Å². The maximum atomic E-state index is 12.0. The van der Waals surface area contributed by atoms with Gasteiger partial charge in [-0.2, -0.15) is 0 Å². The summed E-state index contributed by atoms with van der Waals surface area (Å²) in [5, 5.41) is 34.9. The molecule has 40 heavy (non-hydrogen) atoms. The molecule has 3 aromatic rings. The van der Waals surface area contributed by atoms with Gasteiger partial charge in [0.05, 0.1) is 0 Å². The summed E-state index contributed by atoms with van der Waals surface area (Å²) in [7, 11) is 0. The van der Waals surface area contributed by atoms with Crippen molar-refractivity contribution in [3.8, 4) is 17.2 Å². The third kappa shape index (κ3) is 5.96. The molecule has 0 aromatic heterocycles. The van der Waals surface area contributed by atoms with Crippen LogP contribution in [0.5, 0.6) is 17.2 Å². The summed E-state index contributed by atoms with van der Waals surface area (Å²) in [4.78, 5) is 0. The quantitative estimate of drug-likeness (QED) is 0.138. The summed E-state index contributed by atoms with van der Waals surface area (Å²) in [6, 6.07) is 15.2. The molecule has 0 spiro atoms. The van der Waals surface area contributed by atoms with Crippen LogP contribution in [0.1, 0.15) is 82.6 Å². The SMILES string of the molecule is CCC(CC)(Cc1cc(Cl)cc(C(CC)(Cc2cc(I3CCC3)ccc2O)C(C)C)c1O)c1cc(Cl)ccc1O. The van der Waals surface area contributed by atoms with Gasteiger partial charge in [0.15, 0.2) is 0 Å². The molecular formula is C34H43Cl2IO3. The molecule has 1 aliphatic heterocycles. The molecule has 0 bridgehead atoms. The van der Waals surface area contributed by atoms with E-state index < -0.39 is 30.6 Å². The Labute approximate surface area is 257 Å². The molecule has 0 aliphatic carbocycles. The van der Waals surface area contributed by atoms with Gasteiger partial charge in [0.1, 0.15) is 0 Å². The molecule has 3 nitrogen and oxygen atoms in total. The number of phenolic OH excluding ortho intramolecular Hbond substituents is 3. The number of rotatable bonds is 11. The second-order valence-electron chi connectivity index (χ2n) is 11.6. The van der Waals surface area contributed by atoms with Crippen molar-refractivity contribution in [1.82, 2.24) is 0 Å². The van der Waals surface area contributed by atoms with E-state index in [0.29, 0.717) is 28.6 Å². The number of aromatic hydroxyl groups is 3. The summed E-state index contributed by atoms with van der Waals surface area (Å²) >= 11 is 12.1. The standard InChI is InChI=1S/C34H43Cl2IO3/c1-6-33(7-2,28-18-25(35)10-12-31(28)39)20-24-16-26(36)19-29(32(24)40)34(8-3,22(4)5)21-23-17-27(11-13-30(23)38)37-14-9-15-37/h10-13,16-19,22,38-40H,6-9,14-15,20-21H2,1-5H3. The van der Waals surface area contributed by atoms with Crippen LogP contribution >= 0.6 is 43.0 Å². The fourth-order valence-corrected chi connectivity index (χ4v) is 11.2. The zero-order valence-corrected chi connectivity index (χ0v) is 28.0. The number of benzene rings is 3. The number of hydrogen-bond donors (Lipinski definition) is 3. The Morgan fingerprint density at radius 3 is 1.98 bits per heavy atom. The summed E-state index contributed by atoms with van der Waals surface area (Å²) in [6.45, 7) is 10.8.